The zero-order valence-electron chi connectivity index (χ0n) is 8.65. The second kappa shape index (κ2) is 4.69. The van der Waals surface area contributed by atoms with Crippen LogP contribution in [0.15, 0.2) is 12.4 Å². The topological polar surface area (TPSA) is 52.1 Å². The molecule has 14 heavy (non-hydrogen) atoms. The Bertz CT molecular complexity index is 308. The molecule has 0 fully saturated rings. The highest BCUT2D eigenvalue weighted by Crippen LogP contribution is 2.11. The predicted molar refractivity (Wildman–Crippen MR) is 52.4 cm³/mol. The van der Waals surface area contributed by atoms with E-state index in [-0.39, 0.29) is 17.7 Å². The fraction of sp³-hybridized carbons (Fsp3) is 0.500. The van der Waals surface area contributed by atoms with E-state index in [2.05, 4.69) is 9.97 Å². The van der Waals surface area contributed by atoms with Gasteiger partial charge in [-0.05, 0) is 6.42 Å². The highest BCUT2D eigenvalue weighted by Gasteiger charge is 2.13. The molecule has 0 aromatic carbocycles. The number of carbonyl (C=O) groups excluding carboxylic acids is 1. The Balaban J connectivity index is 2.81. The molecule has 1 heterocycles. The summed E-state index contributed by atoms with van der Waals surface area (Å²) in [6.07, 6.45) is 3.82. The number of nitrogens with zero attached hydrogens (tertiary/aromatic N) is 2. The number of hydrogen-bond donors (Lipinski definition) is 0. The molecular weight excluding hydrogens is 180 g/mol. The number of ether oxygens (including phenoxy) is 1. The van der Waals surface area contributed by atoms with Crippen LogP contribution >= 0.6 is 0 Å². The van der Waals surface area contributed by atoms with Crippen molar-refractivity contribution in [2.24, 2.45) is 5.92 Å². The van der Waals surface area contributed by atoms with Crippen LogP contribution in [0.4, 0.5) is 0 Å². The Morgan fingerprint density at radius 1 is 1.50 bits per heavy atom. The van der Waals surface area contributed by atoms with Crippen LogP contribution in [0.3, 0.4) is 0 Å². The second-order valence-electron chi connectivity index (χ2n) is 3.13. The largest absolute Gasteiger partial charge is 0.467 e. The zero-order valence-corrected chi connectivity index (χ0v) is 8.65. The quantitative estimate of drug-likeness (QED) is 0.685. The lowest BCUT2D eigenvalue weighted by atomic mass is 9.99. The van der Waals surface area contributed by atoms with Gasteiger partial charge in [0, 0.05) is 18.3 Å². The molecule has 1 unspecified atom stereocenters. The summed E-state index contributed by atoms with van der Waals surface area (Å²) in [6.45, 7) is 3.87. The van der Waals surface area contributed by atoms with Crippen molar-refractivity contribution >= 4 is 5.78 Å². The number of Topliss-reactive ketones (excluding diaryl/α,β-unsaturated/α-hetero) is 1. The summed E-state index contributed by atoms with van der Waals surface area (Å²) in [5.41, 5.74) is 0.542. The Hall–Kier alpha value is -1.45. The SMILES string of the molecule is CCC(C)C(=O)c1cnc(OC)nc1. The van der Waals surface area contributed by atoms with Crippen LogP contribution in [0, 0.1) is 5.92 Å². The first-order valence-corrected chi connectivity index (χ1v) is 4.59. The number of ketones is 1. The Kier molecular flexibility index (Phi) is 3.56. The number of aromatic nitrogens is 2. The van der Waals surface area contributed by atoms with Crippen LogP contribution in [0.5, 0.6) is 6.01 Å². The first kappa shape index (κ1) is 10.6. The smallest absolute Gasteiger partial charge is 0.316 e. The Morgan fingerprint density at radius 2 is 2.07 bits per heavy atom. The number of rotatable bonds is 4. The van der Waals surface area contributed by atoms with Gasteiger partial charge in [0.1, 0.15) is 0 Å². The van der Waals surface area contributed by atoms with E-state index in [1.165, 1.54) is 19.5 Å². The van der Waals surface area contributed by atoms with Crippen molar-refractivity contribution in [2.75, 3.05) is 7.11 Å². The lowest BCUT2D eigenvalue weighted by molar-refractivity contribution is 0.0926. The number of methoxy groups -OCH3 is 1. The van der Waals surface area contributed by atoms with Crippen molar-refractivity contribution in [3.05, 3.63) is 18.0 Å². The Labute approximate surface area is 83.3 Å². The maximum Gasteiger partial charge on any atom is 0.316 e. The predicted octanol–water partition coefficient (Wildman–Crippen LogP) is 1.71. The molecule has 76 valence electrons. The lowest BCUT2D eigenvalue weighted by Gasteiger charge is -2.06. The van der Waals surface area contributed by atoms with Gasteiger partial charge in [0.2, 0.25) is 0 Å². The third-order valence-corrected chi connectivity index (χ3v) is 2.16. The summed E-state index contributed by atoms with van der Waals surface area (Å²) >= 11 is 0. The van der Waals surface area contributed by atoms with Gasteiger partial charge in [-0.2, -0.15) is 0 Å². The summed E-state index contributed by atoms with van der Waals surface area (Å²) in [4.78, 5) is 19.4. The van der Waals surface area contributed by atoms with Crippen LogP contribution in [0.1, 0.15) is 30.6 Å². The minimum Gasteiger partial charge on any atom is -0.467 e. The van der Waals surface area contributed by atoms with Gasteiger partial charge < -0.3 is 4.74 Å². The minimum atomic E-state index is 0.0204. The molecule has 1 aromatic rings. The summed E-state index contributed by atoms with van der Waals surface area (Å²) in [5.74, 6) is 0.0992. The van der Waals surface area contributed by atoms with Gasteiger partial charge in [0.15, 0.2) is 5.78 Å². The van der Waals surface area contributed by atoms with Crippen LogP contribution in [-0.2, 0) is 0 Å². The van der Waals surface area contributed by atoms with E-state index in [0.29, 0.717) is 5.56 Å². The van der Waals surface area contributed by atoms with Gasteiger partial charge in [-0.25, -0.2) is 9.97 Å². The van der Waals surface area contributed by atoms with E-state index in [4.69, 9.17) is 4.74 Å². The van der Waals surface area contributed by atoms with Gasteiger partial charge in [-0.15, -0.1) is 0 Å². The molecule has 0 aliphatic heterocycles. The molecule has 0 aliphatic carbocycles. The van der Waals surface area contributed by atoms with E-state index < -0.39 is 0 Å². The molecule has 1 rings (SSSR count). The second-order valence-corrected chi connectivity index (χ2v) is 3.13. The third-order valence-electron chi connectivity index (χ3n) is 2.16. The van der Waals surface area contributed by atoms with Gasteiger partial charge >= 0.3 is 6.01 Å². The van der Waals surface area contributed by atoms with Crippen molar-refractivity contribution in [2.45, 2.75) is 20.3 Å². The van der Waals surface area contributed by atoms with Crippen molar-refractivity contribution in [3.63, 3.8) is 0 Å². The fourth-order valence-electron chi connectivity index (χ4n) is 1.02. The van der Waals surface area contributed by atoms with Crippen molar-refractivity contribution < 1.29 is 9.53 Å². The van der Waals surface area contributed by atoms with Crippen molar-refractivity contribution in [1.82, 2.24) is 9.97 Å². The molecule has 4 heteroatoms. The highest BCUT2D eigenvalue weighted by atomic mass is 16.5. The highest BCUT2D eigenvalue weighted by molar-refractivity contribution is 5.97. The van der Waals surface area contributed by atoms with E-state index in [0.717, 1.165) is 6.42 Å². The fourth-order valence-corrected chi connectivity index (χ4v) is 1.02. The van der Waals surface area contributed by atoms with Gasteiger partial charge in [0.05, 0.1) is 12.7 Å². The molecule has 4 nitrogen and oxygen atoms in total. The first-order chi connectivity index (χ1) is 6.69. The van der Waals surface area contributed by atoms with E-state index in [1.807, 2.05) is 13.8 Å². The van der Waals surface area contributed by atoms with Crippen molar-refractivity contribution in [3.8, 4) is 6.01 Å². The average molecular weight is 194 g/mol. The summed E-state index contributed by atoms with van der Waals surface area (Å²) in [5, 5.41) is 0. The van der Waals surface area contributed by atoms with Crippen LogP contribution < -0.4 is 4.74 Å². The van der Waals surface area contributed by atoms with Gasteiger partial charge in [-0.1, -0.05) is 13.8 Å². The molecular formula is C10H14N2O2. The number of hydrogen-bond acceptors (Lipinski definition) is 4. The lowest BCUT2D eigenvalue weighted by Crippen LogP contribution is -2.11. The average Bonchev–Trinajstić information content (AvgIpc) is 2.27. The Morgan fingerprint density at radius 3 is 2.50 bits per heavy atom. The molecule has 0 amide bonds. The summed E-state index contributed by atoms with van der Waals surface area (Å²) in [6, 6.07) is 0.283. The summed E-state index contributed by atoms with van der Waals surface area (Å²) < 4.78 is 4.80. The maximum absolute atomic E-state index is 11.7. The third kappa shape index (κ3) is 2.28. The van der Waals surface area contributed by atoms with Gasteiger partial charge in [-0.3, -0.25) is 4.79 Å². The number of carbonyl (C=O) groups is 1. The normalized spacial score (nSPS) is 12.2. The zero-order chi connectivity index (χ0) is 10.6. The molecule has 0 N–H and O–H groups in total. The minimum absolute atomic E-state index is 0.0204. The van der Waals surface area contributed by atoms with E-state index >= 15 is 0 Å². The molecule has 0 saturated heterocycles. The molecule has 1 aromatic heterocycles. The molecule has 0 bridgehead atoms. The van der Waals surface area contributed by atoms with Gasteiger partial charge in [0.25, 0.3) is 0 Å². The standard InChI is InChI=1S/C10H14N2O2/c1-4-7(2)9(13)8-5-11-10(14-3)12-6-8/h5-7H,4H2,1-3H3. The first-order valence-electron chi connectivity index (χ1n) is 4.59. The molecule has 0 radical (unpaired) electrons. The molecule has 0 saturated carbocycles. The molecule has 0 aliphatic rings. The maximum atomic E-state index is 11.7. The molecule has 1 atom stereocenters. The van der Waals surface area contributed by atoms with Crippen LogP contribution in [0.25, 0.3) is 0 Å². The van der Waals surface area contributed by atoms with Crippen molar-refractivity contribution in [1.29, 1.82) is 0 Å². The summed E-state index contributed by atoms with van der Waals surface area (Å²) in [7, 11) is 1.49. The van der Waals surface area contributed by atoms with Crippen LogP contribution in [-0.4, -0.2) is 22.9 Å². The van der Waals surface area contributed by atoms with E-state index in [1.54, 1.807) is 0 Å². The monoisotopic (exact) mass is 194 g/mol. The van der Waals surface area contributed by atoms with Crippen LogP contribution in [0.2, 0.25) is 0 Å². The molecule has 0 spiro atoms. The van der Waals surface area contributed by atoms with E-state index in [9.17, 15) is 4.79 Å².